The highest BCUT2D eigenvalue weighted by molar-refractivity contribution is 6.48. The molecular weight excluding hydrogens is 379 g/mol. The Morgan fingerprint density at radius 2 is 1.08 bits per heavy atom. The van der Waals surface area contributed by atoms with E-state index in [1.54, 1.807) is 0 Å². The molecule has 25 heavy (non-hydrogen) atoms. The molecule has 0 bridgehead atoms. The fourth-order valence-corrected chi connectivity index (χ4v) is 2.56. The van der Waals surface area contributed by atoms with Gasteiger partial charge in [-0.05, 0) is 11.1 Å². The first-order valence-electron chi connectivity index (χ1n) is 7.55. The summed E-state index contributed by atoms with van der Waals surface area (Å²) in [6.07, 6.45) is 0. The number of phenols is 1. The zero-order valence-corrected chi connectivity index (χ0v) is 15.6. The Labute approximate surface area is 162 Å². The first-order chi connectivity index (χ1) is 12.1. The summed E-state index contributed by atoms with van der Waals surface area (Å²) in [6.45, 7) is 1.35. The van der Waals surface area contributed by atoms with E-state index in [-0.39, 0.29) is 20.8 Å². The second-order valence-electron chi connectivity index (χ2n) is 5.19. The van der Waals surface area contributed by atoms with Gasteiger partial charge in [-0.1, -0.05) is 95.5 Å². The first-order valence-corrected chi connectivity index (χ1v) is 8.68. The van der Waals surface area contributed by atoms with Crippen molar-refractivity contribution in [3.05, 3.63) is 99.0 Å². The van der Waals surface area contributed by atoms with Gasteiger partial charge in [-0.2, -0.15) is 0 Å². The first kappa shape index (κ1) is 19.6. The van der Waals surface area contributed by atoms with Crippen molar-refractivity contribution in [1.82, 2.24) is 0 Å². The second-order valence-corrected chi connectivity index (χ2v) is 6.38. The molecule has 1 N–H and O–H groups in total. The fourth-order valence-electron chi connectivity index (χ4n) is 1.98. The number of halogens is 3. The van der Waals surface area contributed by atoms with Crippen LogP contribution in [0.25, 0.3) is 0 Å². The maximum atomic E-state index is 8.89. The average Bonchev–Trinajstić information content (AvgIpc) is 2.62. The third-order valence-electron chi connectivity index (χ3n) is 3.19. The van der Waals surface area contributed by atoms with Crippen LogP contribution in [-0.4, -0.2) is 5.11 Å². The van der Waals surface area contributed by atoms with Crippen LogP contribution in [0.5, 0.6) is 5.75 Å². The lowest BCUT2D eigenvalue weighted by atomic mass is 10.2. The van der Waals surface area contributed by atoms with E-state index < -0.39 is 0 Å². The Hall–Kier alpha value is -1.71. The van der Waals surface area contributed by atoms with Crippen molar-refractivity contribution in [1.29, 1.82) is 0 Å². The molecule has 0 unspecified atom stereocenters. The second kappa shape index (κ2) is 10.3. The molecule has 0 aliphatic heterocycles. The summed E-state index contributed by atoms with van der Waals surface area (Å²) in [5.41, 5.74) is 2.43. The molecule has 0 amide bonds. The number of hydrogen-bond donors (Lipinski definition) is 1. The van der Waals surface area contributed by atoms with E-state index in [1.165, 1.54) is 23.3 Å². The van der Waals surface area contributed by atoms with Gasteiger partial charge in [-0.25, -0.2) is 0 Å². The molecule has 3 aromatic carbocycles. The van der Waals surface area contributed by atoms with Crippen molar-refractivity contribution < 1.29 is 9.84 Å². The minimum Gasteiger partial charge on any atom is -0.508 e. The molecular formula is C20H17Cl3O2. The van der Waals surface area contributed by atoms with Crippen LogP contribution in [0.1, 0.15) is 11.1 Å². The Morgan fingerprint density at radius 1 is 0.680 bits per heavy atom. The van der Waals surface area contributed by atoms with Crippen LogP contribution >= 0.6 is 34.8 Å². The largest absolute Gasteiger partial charge is 0.508 e. The highest BCUT2D eigenvalue weighted by Crippen LogP contribution is 2.33. The number of aromatic hydroxyl groups is 1. The number of ether oxygens (including phenoxy) is 1. The lowest BCUT2D eigenvalue weighted by molar-refractivity contribution is 0.107. The minimum absolute atomic E-state index is 0.0133. The predicted molar refractivity (Wildman–Crippen MR) is 105 cm³/mol. The molecule has 0 saturated carbocycles. The highest BCUT2D eigenvalue weighted by Gasteiger charge is 2.03. The maximum absolute atomic E-state index is 8.89. The smallest absolute Gasteiger partial charge is 0.118 e. The standard InChI is InChI=1S/C14H14O.C6H3Cl3O/c1-3-7-13(8-4-1)11-15-12-14-9-5-2-6-10-14;7-4-1-3(10)2-5(8)6(4)9/h1-10H,11-12H2;1-2,10H. The minimum atomic E-state index is 0.0133. The van der Waals surface area contributed by atoms with Crippen molar-refractivity contribution in [3.63, 3.8) is 0 Å². The lowest BCUT2D eigenvalue weighted by Crippen LogP contribution is -1.93. The van der Waals surface area contributed by atoms with E-state index in [1.807, 2.05) is 36.4 Å². The number of phenolic OH excluding ortho intramolecular Hbond substituents is 1. The van der Waals surface area contributed by atoms with Gasteiger partial charge in [0, 0.05) is 12.1 Å². The van der Waals surface area contributed by atoms with Gasteiger partial charge in [0.1, 0.15) is 5.75 Å². The quantitative estimate of drug-likeness (QED) is 0.495. The van der Waals surface area contributed by atoms with Gasteiger partial charge in [0.25, 0.3) is 0 Å². The molecule has 0 atom stereocenters. The van der Waals surface area contributed by atoms with Crippen LogP contribution in [0.15, 0.2) is 72.8 Å². The van der Waals surface area contributed by atoms with Crippen molar-refractivity contribution in [2.75, 3.05) is 0 Å². The summed E-state index contributed by atoms with van der Waals surface area (Å²) >= 11 is 16.7. The Balaban J connectivity index is 0.000000196. The van der Waals surface area contributed by atoms with Crippen LogP contribution < -0.4 is 0 Å². The molecule has 130 valence electrons. The normalized spacial score (nSPS) is 10.0. The fraction of sp³-hybridized carbons (Fsp3) is 0.100. The van der Waals surface area contributed by atoms with Crippen molar-refractivity contribution in [3.8, 4) is 5.75 Å². The van der Waals surface area contributed by atoms with E-state index in [9.17, 15) is 0 Å². The van der Waals surface area contributed by atoms with Gasteiger partial charge < -0.3 is 9.84 Å². The molecule has 3 aromatic rings. The third kappa shape index (κ3) is 6.97. The molecule has 0 aromatic heterocycles. The van der Waals surface area contributed by atoms with E-state index in [4.69, 9.17) is 44.6 Å². The topological polar surface area (TPSA) is 29.5 Å². The molecule has 0 radical (unpaired) electrons. The third-order valence-corrected chi connectivity index (χ3v) is 4.39. The maximum Gasteiger partial charge on any atom is 0.118 e. The van der Waals surface area contributed by atoms with Gasteiger partial charge >= 0.3 is 0 Å². The molecule has 0 aliphatic carbocycles. The molecule has 0 fully saturated rings. The van der Waals surface area contributed by atoms with Crippen LogP contribution in [-0.2, 0) is 18.0 Å². The molecule has 0 aliphatic rings. The summed E-state index contributed by atoms with van der Waals surface area (Å²) in [4.78, 5) is 0. The molecule has 5 heteroatoms. The van der Waals surface area contributed by atoms with E-state index in [0.29, 0.717) is 13.2 Å². The van der Waals surface area contributed by atoms with Crippen molar-refractivity contribution >= 4 is 34.8 Å². The Morgan fingerprint density at radius 3 is 1.48 bits per heavy atom. The van der Waals surface area contributed by atoms with Crippen LogP contribution in [0.2, 0.25) is 15.1 Å². The van der Waals surface area contributed by atoms with Gasteiger partial charge in [-0.3, -0.25) is 0 Å². The molecule has 0 spiro atoms. The van der Waals surface area contributed by atoms with Gasteiger partial charge in [-0.15, -0.1) is 0 Å². The predicted octanol–water partition coefficient (Wildman–Crippen LogP) is 6.76. The van der Waals surface area contributed by atoms with Gasteiger partial charge in [0.15, 0.2) is 0 Å². The zero-order chi connectivity index (χ0) is 18.1. The number of rotatable bonds is 4. The molecule has 0 saturated heterocycles. The highest BCUT2D eigenvalue weighted by atomic mass is 35.5. The van der Waals surface area contributed by atoms with E-state index >= 15 is 0 Å². The van der Waals surface area contributed by atoms with Gasteiger partial charge in [0.05, 0.1) is 28.3 Å². The summed E-state index contributed by atoms with van der Waals surface area (Å²) < 4.78 is 5.61. The van der Waals surface area contributed by atoms with Crippen molar-refractivity contribution in [2.24, 2.45) is 0 Å². The van der Waals surface area contributed by atoms with Crippen LogP contribution in [0.4, 0.5) is 0 Å². The molecule has 2 nitrogen and oxygen atoms in total. The Bertz CT molecular complexity index is 715. The van der Waals surface area contributed by atoms with E-state index in [2.05, 4.69) is 24.3 Å². The molecule has 3 rings (SSSR count). The van der Waals surface area contributed by atoms with Crippen LogP contribution in [0.3, 0.4) is 0 Å². The summed E-state index contributed by atoms with van der Waals surface area (Å²) in [7, 11) is 0. The summed E-state index contributed by atoms with van der Waals surface area (Å²) in [5, 5.41) is 9.67. The lowest BCUT2D eigenvalue weighted by Gasteiger charge is -2.03. The zero-order valence-electron chi connectivity index (χ0n) is 13.3. The van der Waals surface area contributed by atoms with Crippen molar-refractivity contribution in [2.45, 2.75) is 13.2 Å². The van der Waals surface area contributed by atoms with Crippen LogP contribution in [0, 0.1) is 0 Å². The average molecular weight is 396 g/mol. The number of hydrogen-bond acceptors (Lipinski definition) is 2. The SMILES string of the molecule is Oc1cc(Cl)c(Cl)c(Cl)c1.c1ccc(COCc2ccccc2)cc1. The Kier molecular flexibility index (Phi) is 8.10. The van der Waals surface area contributed by atoms with E-state index in [0.717, 1.165) is 0 Å². The monoisotopic (exact) mass is 394 g/mol. The number of benzene rings is 3. The van der Waals surface area contributed by atoms with Gasteiger partial charge in [0.2, 0.25) is 0 Å². The summed E-state index contributed by atoms with van der Waals surface area (Å²) in [6, 6.07) is 23.1. The molecule has 0 heterocycles. The summed E-state index contributed by atoms with van der Waals surface area (Å²) in [5.74, 6) is 0.0133.